The SMILES string of the molecule is CC(=O)c1cccc2ccc[n+](Cc3ccccc3)c12. The quantitative estimate of drug-likeness (QED) is 0.523. The number of hydrogen-bond acceptors (Lipinski definition) is 1. The molecular formula is C18H16NO+. The fraction of sp³-hybridized carbons (Fsp3) is 0.111. The van der Waals surface area contributed by atoms with E-state index < -0.39 is 0 Å². The molecule has 0 spiro atoms. The molecule has 0 fully saturated rings. The second kappa shape index (κ2) is 5.25. The smallest absolute Gasteiger partial charge is 0.223 e. The van der Waals surface area contributed by atoms with E-state index in [1.54, 1.807) is 6.92 Å². The largest absolute Gasteiger partial charge is 0.294 e. The molecule has 0 aliphatic carbocycles. The molecule has 1 heterocycles. The van der Waals surface area contributed by atoms with Crippen LogP contribution in [-0.2, 0) is 6.54 Å². The number of rotatable bonds is 3. The Morgan fingerprint density at radius 2 is 1.70 bits per heavy atom. The van der Waals surface area contributed by atoms with Gasteiger partial charge in [-0.25, -0.2) is 0 Å². The Bertz CT molecular complexity index is 757. The lowest BCUT2D eigenvalue weighted by Gasteiger charge is -2.05. The van der Waals surface area contributed by atoms with Crippen molar-refractivity contribution in [1.82, 2.24) is 0 Å². The van der Waals surface area contributed by atoms with Gasteiger partial charge in [-0.2, -0.15) is 4.57 Å². The van der Waals surface area contributed by atoms with Gasteiger partial charge in [0.2, 0.25) is 5.52 Å². The van der Waals surface area contributed by atoms with Crippen molar-refractivity contribution in [1.29, 1.82) is 0 Å². The molecule has 0 saturated carbocycles. The number of carbonyl (C=O) groups excluding carboxylic acids is 1. The van der Waals surface area contributed by atoms with Gasteiger partial charge < -0.3 is 0 Å². The van der Waals surface area contributed by atoms with Crippen LogP contribution in [0.2, 0.25) is 0 Å². The molecule has 0 radical (unpaired) electrons. The van der Waals surface area contributed by atoms with E-state index in [0.29, 0.717) is 0 Å². The second-order valence-corrected chi connectivity index (χ2v) is 4.92. The van der Waals surface area contributed by atoms with E-state index in [0.717, 1.165) is 23.0 Å². The summed E-state index contributed by atoms with van der Waals surface area (Å²) in [5, 5.41) is 1.09. The number of benzene rings is 2. The average molecular weight is 262 g/mol. The lowest BCUT2D eigenvalue weighted by atomic mass is 10.1. The van der Waals surface area contributed by atoms with Crippen molar-refractivity contribution >= 4 is 16.7 Å². The number of fused-ring (bicyclic) bond motifs is 1. The van der Waals surface area contributed by atoms with E-state index in [1.807, 2.05) is 54.7 Å². The number of para-hydroxylation sites is 1. The summed E-state index contributed by atoms with van der Waals surface area (Å²) in [5.41, 5.74) is 3.01. The number of Topliss-reactive ketones (excluding diaryl/α,β-unsaturated/α-hetero) is 1. The first-order valence-electron chi connectivity index (χ1n) is 6.72. The minimum Gasteiger partial charge on any atom is -0.294 e. The highest BCUT2D eigenvalue weighted by molar-refractivity contribution is 6.04. The molecule has 0 aliphatic rings. The van der Waals surface area contributed by atoms with Crippen LogP contribution in [0.5, 0.6) is 0 Å². The lowest BCUT2D eigenvalue weighted by Crippen LogP contribution is -2.35. The Morgan fingerprint density at radius 3 is 2.45 bits per heavy atom. The Kier molecular flexibility index (Phi) is 3.30. The minimum atomic E-state index is 0.101. The van der Waals surface area contributed by atoms with Crippen molar-refractivity contribution in [3.8, 4) is 0 Å². The van der Waals surface area contributed by atoms with Gasteiger partial charge in [-0.05, 0) is 25.1 Å². The Morgan fingerprint density at radius 1 is 0.950 bits per heavy atom. The summed E-state index contributed by atoms with van der Waals surface area (Å²) in [6, 6.07) is 20.2. The first-order chi connectivity index (χ1) is 9.75. The van der Waals surface area contributed by atoms with Crippen LogP contribution in [0.3, 0.4) is 0 Å². The summed E-state index contributed by atoms with van der Waals surface area (Å²) < 4.78 is 2.14. The molecule has 20 heavy (non-hydrogen) atoms. The van der Waals surface area contributed by atoms with Crippen LogP contribution < -0.4 is 4.57 Å². The van der Waals surface area contributed by atoms with Crippen molar-refractivity contribution in [2.45, 2.75) is 13.5 Å². The lowest BCUT2D eigenvalue weighted by molar-refractivity contribution is -0.662. The summed E-state index contributed by atoms with van der Waals surface area (Å²) in [4.78, 5) is 11.9. The maximum Gasteiger partial charge on any atom is 0.223 e. The average Bonchev–Trinajstić information content (AvgIpc) is 2.48. The highest BCUT2D eigenvalue weighted by Gasteiger charge is 2.16. The van der Waals surface area contributed by atoms with Gasteiger partial charge in [0.1, 0.15) is 0 Å². The molecule has 3 rings (SSSR count). The highest BCUT2D eigenvalue weighted by Crippen LogP contribution is 2.16. The van der Waals surface area contributed by atoms with Gasteiger partial charge in [0.15, 0.2) is 18.5 Å². The molecule has 98 valence electrons. The zero-order chi connectivity index (χ0) is 13.9. The molecule has 1 aromatic heterocycles. The Hall–Kier alpha value is -2.48. The van der Waals surface area contributed by atoms with E-state index in [1.165, 1.54) is 5.56 Å². The maximum atomic E-state index is 11.9. The van der Waals surface area contributed by atoms with Gasteiger partial charge in [-0.15, -0.1) is 0 Å². The molecule has 0 saturated heterocycles. The third kappa shape index (κ3) is 2.32. The number of nitrogens with zero attached hydrogens (tertiary/aromatic N) is 1. The van der Waals surface area contributed by atoms with E-state index in [-0.39, 0.29) is 5.78 Å². The zero-order valence-electron chi connectivity index (χ0n) is 11.4. The molecule has 2 nitrogen and oxygen atoms in total. The Labute approximate surface area is 118 Å². The Balaban J connectivity index is 2.18. The van der Waals surface area contributed by atoms with Crippen molar-refractivity contribution < 1.29 is 9.36 Å². The van der Waals surface area contributed by atoms with E-state index in [4.69, 9.17) is 0 Å². The van der Waals surface area contributed by atoms with Crippen molar-refractivity contribution in [3.63, 3.8) is 0 Å². The van der Waals surface area contributed by atoms with E-state index in [2.05, 4.69) is 16.7 Å². The van der Waals surface area contributed by atoms with Crippen LogP contribution in [0.1, 0.15) is 22.8 Å². The molecular weight excluding hydrogens is 246 g/mol. The number of ketones is 1. The van der Waals surface area contributed by atoms with Crippen LogP contribution in [0, 0.1) is 0 Å². The topological polar surface area (TPSA) is 20.9 Å². The normalized spacial score (nSPS) is 10.7. The van der Waals surface area contributed by atoms with Gasteiger partial charge in [0.25, 0.3) is 0 Å². The van der Waals surface area contributed by atoms with Gasteiger partial charge in [-0.1, -0.05) is 36.4 Å². The standard InChI is InChI=1S/C18H16NO/c1-14(20)17-11-5-9-16-10-6-12-19(18(16)17)13-15-7-3-2-4-8-15/h2-12H,13H2,1H3/q+1. The highest BCUT2D eigenvalue weighted by atomic mass is 16.1. The fourth-order valence-electron chi connectivity index (χ4n) is 2.54. The first kappa shape index (κ1) is 12.5. The summed E-state index contributed by atoms with van der Waals surface area (Å²) in [5.74, 6) is 0.101. The van der Waals surface area contributed by atoms with Gasteiger partial charge >= 0.3 is 0 Å². The fourth-order valence-corrected chi connectivity index (χ4v) is 2.54. The molecule has 0 unspecified atom stereocenters. The van der Waals surface area contributed by atoms with Crippen molar-refractivity contribution in [2.24, 2.45) is 0 Å². The summed E-state index contributed by atoms with van der Waals surface area (Å²) >= 11 is 0. The van der Waals surface area contributed by atoms with Crippen LogP contribution >= 0.6 is 0 Å². The summed E-state index contributed by atoms with van der Waals surface area (Å²) in [6.45, 7) is 2.39. The van der Waals surface area contributed by atoms with Crippen molar-refractivity contribution in [2.75, 3.05) is 0 Å². The van der Waals surface area contributed by atoms with Crippen LogP contribution in [0.15, 0.2) is 66.9 Å². The second-order valence-electron chi connectivity index (χ2n) is 4.92. The predicted octanol–water partition coefficient (Wildman–Crippen LogP) is 3.38. The molecule has 2 aromatic carbocycles. The van der Waals surface area contributed by atoms with E-state index in [9.17, 15) is 4.79 Å². The first-order valence-corrected chi connectivity index (χ1v) is 6.72. The predicted molar refractivity (Wildman–Crippen MR) is 79.7 cm³/mol. The zero-order valence-corrected chi connectivity index (χ0v) is 11.4. The van der Waals surface area contributed by atoms with Crippen molar-refractivity contribution in [3.05, 3.63) is 78.0 Å². The number of carbonyl (C=O) groups is 1. The van der Waals surface area contributed by atoms with Gasteiger partial charge in [-0.3, -0.25) is 4.79 Å². The molecule has 0 amide bonds. The number of pyridine rings is 1. The third-order valence-electron chi connectivity index (χ3n) is 3.47. The van der Waals surface area contributed by atoms with Gasteiger partial charge in [0, 0.05) is 17.0 Å². The van der Waals surface area contributed by atoms with Gasteiger partial charge in [0.05, 0.1) is 5.56 Å². The third-order valence-corrected chi connectivity index (χ3v) is 3.47. The van der Waals surface area contributed by atoms with Crippen LogP contribution in [0.25, 0.3) is 10.9 Å². The van der Waals surface area contributed by atoms with Crippen LogP contribution in [0.4, 0.5) is 0 Å². The molecule has 0 atom stereocenters. The number of hydrogen-bond donors (Lipinski definition) is 0. The molecule has 0 N–H and O–H groups in total. The summed E-state index contributed by atoms with van der Waals surface area (Å²) in [7, 11) is 0. The van der Waals surface area contributed by atoms with Crippen LogP contribution in [-0.4, -0.2) is 5.78 Å². The molecule has 3 aromatic rings. The molecule has 0 aliphatic heterocycles. The number of aromatic nitrogens is 1. The molecule has 2 heteroatoms. The van der Waals surface area contributed by atoms with E-state index >= 15 is 0 Å². The maximum absolute atomic E-state index is 11.9. The molecule has 0 bridgehead atoms. The minimum absolute atomic E-state index is 0.101. The monoisotopic (exact) mass is 262 g/mol. The summed E-state index contributed by atoms with van der Waals surface area (Å²) in [6.07, 6.45) is 2.03.